The molecule has 0 bridgehead atoms. The number of aromatic nitrogens is 2. The van der Waals surface area contributed by atoms with Crippen LogP contribution >= 0.6 is 39.1 Å². The number of rotatable bonds is 5. The lowest BCUT2D eigenvalue weighted by molar-refractivity contribution is 0.290. The van der Waals surface area contributed by atoms with E-state index < -0.39 is 0 Å². The maximum atomic E-state index is 6.26. The second-order valence-electron chi connectivity index (χ2n) is 4.34. The van der Waals surface area contributed by atoms with Crippen LogP contribution < -0.4 is 4.74 Å². The molecule has 0 aliphatic heterocycles. The van der Waals surface area contributed by atoms with E-state index in [-0.39, 0.29) is 0 Å². The van der Waals surface area contributed by atoms with Gasteiger partial charge < -0.3 is 4.74 Å². The van der Waals surface area contributed by atoms with Gasteiger partial charge >= 0.3 is 0 Å². The van der Waals surface area contributed by atoms with Gasteiger partial charge in [-0.1, -0.05) is 39.1 Å². The minimum atomic E-state index is 0.384. The average Bonchev–Trinajstić information content (AvgIpc) is 2.72. The largest absolute Gasteiger partial charge is 0.487 e. The minimum Gasteiger partial charge on any atom is -0.487 e. The fourth-order valence-corrected chi connectivity index (χ4v) is 2.77. The van der Waals surface area contributed by atoms with Gasteiger partial charge in [0.1, 0.15) is 12.4 Å². The molecule has 0 unspecified atom stereocenters. The Morgan fingerprint density at radius 1 is 1.35 bits per heavy atom. The van der Waals surface area contributed by atoms with E-state index in [0.29, 0.717) is 22.0 Å². The van der Waals surface area contributed by atoms with Crippen molar-refractivity contribution < 1.29 is 4.74 Å². The van der Waals surface area contributed by atoms with Crippen LogP contribution in [0.15, 0.2) is 18.2 Å². The van der Waals surface area contributed by atoms with Gasteiger partial charge in [-0.15, -0.1) is 0 Å². The molecule has 0 saturated heterocycles. The molecular formula is C14H15BrCl2N2O. The van der Waals surface area contributed by atoms with Crippen molar-refractivity contribution in [3.05, 3.63) is 45.2 Å². The van der Waals surface area contributed by atoms with Crippen molar-refractivity contribution in [1.82, 2.24) is 9.78 Å². The molecule has 20 heavy (non-hydrogen) atoms. The highest BCUT2D eigenvalue weighted by atomic mass is 79.9. The van der Waals surface area contributed by atoms with E-state index in [1.54, 1.807) is 0 Å². The molecule has 2 aromatic rings. The van der Waals surface area contributed by atoms with Crippen LogP contribution in [0.1, 0.15) is 23.9 Å². The van der Waals surface area contributed by atoms with Gasteiger partial charge in [-0.3, -0.25) is 4.68 Å². The van der Waals surface area contributed by atoms with Crippen molar-refractivity contribution in [2.75, 3.05) is 0 Å². The van der Waals surface area contributed by atoms with E-state index in [1.165, 1.54) is 0 Å². The van der Waals surface area contributed by atoms with E-state index >= 15 is 0 Å². The third-order valence-corrected chi connectivity index (χ3v) is 4.31. The highest BCUT2D eigenvalue weighted by Crippen LogP contribution is 2.27. The molecule has 0 N–H and O–H groups in total. The van der Waals surface area contributed by atoms with Crippen molar-refractivity contribution >= 4 is 39.1 Å². The van der Waals surface area contributed by atoms with Crippen LogP contribution in [0.2, 0.25) is 10.0 Å². The van der Waals surface area contributed by atoms with E-state index in [1.807, 2.05) is 36.7 Å². The zero-order chi connectivity index (χ0) is 14.7. The van der Waals surface area contributed by atoms with Gasteiger partial charge in [-0.25, -0.2) is 0 Å². The first kappa shape index (κ1) is 15.7. The van der Waals surface area contributed by atoms with Gasteiger partial charge in [-0.05, 0) is 32.0 Å². The monoisotopic (exact) mass is 376 g/mol. The molecule has 0 spiro atoms. The molecular weight excluding hydrogens is 363 g/mol. The van der Waals surface area contributed by atoms with Crippen LogP contribution in [0.5, 0.6) is 5.75 Å². The number of alkyl halides is 1. The maximum Gasteiger partial charge on any atom is 0.131 e. The molecule has 0 atom stereocenters. The Morgan fingerprint density at radius 3 is 2.75 bits per heavy atom. The van der Waals surface area contributed by atoms with E-state index in [4.69, 9.17) is 27.9 Å². The summed E-state index contributed by atoms with van der Waals surface area (Å²) in [7, 11) is 0. The second kappa shape index (κ2) is 6.83. The van der Waals surface area contributed by atoms with Crippen molar-refractivity contribution in [2.24, 2.45) is 0 Å². The molecule has 0 aliphatic carbocycles. The molecule has 0 radical (unpaired) electrons. The van der Waals surface area contributed by atoms with Gasteiger partial charge in [-0.2, -0.15) is 5.10 Å². The predicted molar refractivity (Wildman–Crippen MR) is 86.1 cm³/mol. The smallest absolute Gasteiger partial charge is 0.131 e. The Kier molecular flexibility index (Phi) is 5.35. The molecule has 1 heterocycles. The Balaban J connectivity index is 2.21. The van der Waals surface area contributed by atoms with Gasteiger partial charge in [0.25, 0.3) is 0 Å². The third kappa shape index (κ3) is 3.30. The summed E-state index contributed by atoms with van der Waals surface area (Å²) >= 11 is 15.7. The molecule has 1 aromatic heterocycles. The molecule has 0 fully saturated rings. The molecule has 1 aromatic carbocycles. The molecule has 108 valence electrons. The molecule has 0 aliphatic rings. The van der Waals surface area contributed by atoms with Gasteiger partial charge in [0.15, 0.2) is 0 Å². The Bertz CT molecular complexity index is 613. The van der Waals surface area contributed by atoms with Gasteiger partial charge in [0, 0.05) is 22.5 Å². The van der Waals surface area contributed by atoms with Crippen LogP contribution in [0, 0.1) is 6.92 Å². The summed E-state index contributed by atoms with van der Waals surface area (Å²) in [5.74, 6) is 0.795. The lowest BCUT2D eigenvalue weighted by Crippen LogP contribution is -2.07. The summed E-state index contributed by atoms with van der Waals surface area (Å²) in [6, 6.07) is 5.56. The fourth-order valence-electron chi connectivity index (χ4n) is 1.95. The van der Waals surface area contributed by atoms with Crippen molar-refractivity contribution in [3.8, 4) is 5.75 Å². The Hall–Kier alpha value is -0.710. The summed E-state index contributed by atoms with van der Waals surface area (Å²) in [6.07, 6.45) is 0. The van der Waals surface area contributed by atoms with Crippen LogP contribution in [0.3, 0.4) is 0 Å². The lowest BCUT2D eigenvalue weighted by atomic mass is 10.2. The quantitative estimate of drug-likeness (QED) is 0.686. The van der Waals surface area contributed by atoms with Gasteiger partial charge in [0.2, 0.25) is 0 Å². The predicted octanol–water partition coefficient (Wildman–Crippen LogP) is 4.99. The summed E-state index contributed by atoms with van der Waals surface area (Å²) in [5, 5.41) is 6.42. The Morgan fingerprint density at radius 2 is 2.10 bits per heavy atom. The zero-order valence-corrected chi connectivity index (χ0v) is 14.4. The zero-order valence-electron chi connectivity index (χ0n) is 11.3. The first-order valence-electron chi connectivity index (χ1n) is 6.25. The van der Waals surface area contributed by atoms with Gasteiger partial charge in [0.05, 0.1) is 16.4 Å². The first-order valence-corrected chi connectivity index (χ1v) is 8.13. The Labute approximate surface area is 137 Å². The number of hydrogen-bond acceptors (Lipinski definition) is 2. The first-order chi connectivity index (χ1) is 9.56. The van der Waals surface area contributed by atoms with Crippen molar-refractivity contribution in [2.45, 2.75) is 32.3 Å². The highest BCUT2D eigenvalue weighted by Gasteiger charge is 2.14. The summed E-state index contributed by atoms with van der Waals surface area (Å²) in [4.78, 5) is 0. The number of aryl methyl sites for hydroxylation is 2. The normalized spacial score (nSPS) is 10.8. The maximum absolute atomic E-state index is 6.26. The lowest BCUT2D eigenvalue weighted by Gasteiger charge is -2.11. The van der Waals surface area contributed by atoms with Crippen LogP contribution in [-0.4, -0.2) is 9.78 Å². The van der Waals surface area contributed by atoms with E-state index in [9.17, 15) is 0 Å². The number of benzene rings is 1. The molecule has 6 heteroatoms. The number of nitrogens with zero attached hydrogens (tertiary/aromatic N) is 2. The second-order valence-corrected chi connectivity index (χ2v) is 5.71. The van der Waals surface area contributed by atoms with E-state index in [2.05, 4.69) is 21.0 Å². The van der Waals surface area contributed by atoms with Crippen molar-refractivity contribution in [1.29, 1.82) is 0 Å². The molecule has 0 amide bonds. The minimum absolute atomic E-state index is 0.384. The van der Waals surface area contributed by atoms with Crippen LogP contribution in [0.4, 0.5) is 0 Å². The average molecular weight is 378 g/mol. The standard InChI is InChI=1S/C14H15BrCl2N2O/c1-3-19-12(14(17)9(2)18-19)8-20-13-5-4-11(16)6-10(13)7-15/h4-6H,3,7-8H2,1-2H3. The SMILES string of the molecule is CCn1nc(C)c(Cl)c1COc1ccc(Cl)cc1CBr. The summed E-state index contributed by atoms with van der Waals surface area (Å²) in [6.45, 7) is 5.07. The number of ether oxygens (including phenoxy) is 1. The number of hydrogen-bond donors (Lipinski definition) is 0. The van der Waals surface area contributed by atoms with Crippen LogP contribution in [-0.2, 0) is 18.5 Å². The molecule has 3 nitrogen and oxygen atoms in total. The molecule has 0 saturated carbocycles. The van der Waals surface area contributed by atoms with Crippen LogP contribution in [0.25, 0.3) is 0 Å². The number of halogens is 3. The highest BCUT2D eigenvalue weighted by molar-refractivity contribution is 9.08. The fraction of sp³-hybridized carbons (Fsp3) is 0.357. The summed E-state index contributed by atoms with van der Waals surface area (Å²) < 4.78 is 7.73. The molecule has 2 rings (SSSR count). The van der Waals surface area contributed by atoms with Crippen molar-refractivity contribution in [3.63, 3.8) is 0 Å². The third-order valence-electron chi connectivity index (χ3n) is 2.98. The van der Waals surface area contributed by atoms with E-state index in [0.717, 1.165) is 29.2 Å². The summed E-state index contributed by atoms with van der Waals surface area (Å²) in [5.41, 5.74) is 2.72. The topological polar surface area (TPSA) is 27.1 Å².